The van der Waals surface area contributed by atoms with Crippen molar-refractivity contribution in [2.45, 2.75) is 26.2 Å². The molecule has 0 aliphatic carbocycles. The number of benzene rings is 1. The summed E-state index contributed by atoms with van der Waals surface area (Å²) in [5.41, 5.74) is 0.518. The van der Waals surface area contributed by atoms with Gasteiger partial charge in [-0.25, -0.2) is 0 Å². The lowest BCUT2D eigenvalue weighted by molar-refractivity contribution is -0.119. The fraction of sp³-hybridized carbons (Fsp3) is 0.357. The Labute approximate surface area is 126 Å². The van der Waals surface area contributed by atoms with E-state index in [1.165, 1.54) is 11.0 Å². The summed E-state index contributed by atoms with van der Waals surface area (Å²) >= 11 is 12.0. The van der Waals surface area contributed by atoms with Gasteiger partial charge in [0, 0.05) is 19.4 Å². The van der Waals surface area contributed by atoms with Crippen molar-refractivity contribution in [3.63, 3.8) is 0 Å². The third kappa shape index (κ3) is 2.58. The van der Waals surface area contributed by atoms with Crippen LogP contribution in [0.2, 0.25) is 10.0 Å². The Morgan fingerprint density at radius 2 is 1.85 bits per heavy atom. The molecule has 1 aliphatic heterocycles. The van der Waals surface area contributed by atoms with Gasteiger partial charge in [-0.15, -0.1) is 0 Å². The van der Waals surface area contributed by atoms with Crippen molar-refractivity contribution in [3.8, 4) is 0 Å². The lowest BCUT2D eigenvalue weighted by Crippen LogP contribution is -2.31. The van der Waals surface area contributed by atoms with E-state index >= 15 is 0 Å². The lowest BCUT2D eigenvalue weighted by atomic mass is 10.1. The van der Waals surface area contributed by atoms with E-state index in [-0.39, 0.29) is 22.9 Å². The molecule has 106 valence electrons. The molecule has 0 saturated heterocycles. The van der Waals surface area contributed by atoms with Crippen LogP contribution in [-0.2, 0) is 9.59 Å². The van der Waals surface area contributed by atoms with E-state index in [0.29, 0.717) is 30.0 Å². The zero-order valence-electron chi connectivity index (χ0n) is 10.9. The van der Waals surface area contributed by atoms with E-state index in [9.17, 15) is 14.4 Å². The Morgan fingerprint density at radius 1 is 1.20 bits per heavy atom. The van der Waals surface area contributed by atoms with Gasteiger partial charge in [0.1, 0.15) is 5.78 Å². The van der Waals surface area contributed by atoms with Gasteiger partial charge in [-0.1, -0.05) is 30.1 Å². The summed E-state index contributed by atoms with van der Waals surface area (Å²) in [4.78, 5) is 36.5. The molecule has 4 nitrogen and oxygen atoms in total. The molecule has 0 bridgehead atoms. The van der Waals surface area contributed by atoms with E-state index < -0.39 is 11.7 Å². The average molecular weight is 314 g/mol. The van der Waals surface area contributed by atoms with Crippen LogP contribution in [0.4, 0.5) is 5.69 Å². The first-order valence-corrected chi connectivity index (χ1v) is 7.08. The highest BCUT2D eigenvalue weighted by Gasteiger charge is 2.38. The smallest absolute Gasteiger partial charge is 0.299 e. The number of hydrogen-bond acceptors (Lipinski definition) is 3. The summed E-state index contributed by atoms with van der Waals surface area (Å²) in [6.45, 7) is 2.07. The van der Waals surface area contributed by atoms with Gasteiger partial charge in [0.2, 0.25) is 0 Å². The number of anilines is 1. The van der Waals surface area contributed by atoms with Gasteiger partial charge >= 0.3 is 0 Å². The predicted molar refractivity (Wildman–Crippen MR) is 77.7 cm³/mol. The highest BCUT2D eigenvalue weighted by atomic mass is 35.5. The van der Waals surface area contributed by atoms with Crippen LogP contribution in [0, 0.1) is 0 Å². The lowest BCUT2D eigenvalue weighted by Gasteiger charge is -2.17. The van der Waals surface area contributed by atoms with Crippen LogP contribution in [0.1, 0.15) is 36.5 Å². The molecule has 0 fully saturated rings. The molecule has 1 amide bonds. The summed E-state index contributed by atoms with van der Waals surface area (Å²) in [5.74, 6) is -1.16. The summed E-state index contributed by atoms with van der Waals surface area (Å²) in [6.07, 6.45) is 1.34. The first-order valence-electron chi connectivity index (χ1n) is 6.33. The van der Waals surface area contributed by atoms with E-state index in [2.05, 4.69) is 0 Å². The largest absolute Gasteiger partial charge is 0.303 e. The highest BCUT2D eigenvalue weighted by molar-refractivity contribution is 6.56. The van der Waals surface area contributed by atoms with E-state index in [0.717, 1.165) is 0 Å². The summed E-state index contributed by atoms with van der Waals surface area (Å²) in [6, 6.07) is 3.05. The third-order valence-corrected chi connectivity index (χ3v) is 3.87. The molecule has 1 aliphatic rings. The molecule has 0 N–H and O–H groups in total. The van der Waals surface area contributed by atoms with Crippen molar-refractivity contribution >= 4 is 46.4 Å². The van der Waals surface area contributed by atoms with Gasteiger partial charge in [-0.3, -0.25) is 14.4 Å². The highest BCUT2D eigenvalue weighted by Crippen LogP contribution is 2.39. The van der Waals surface area contributed by atoms with Crippen molar-refractivity contribution < 1.29 is 14.4 Å². The Bertz CT molecular complexity index is 598. The van der Waals surface area contributed by atoms with Gasteiger partial charge in [0.15, 0.2) is 0 Å². The monoisotopic (exact) mass is 313 g/mol. The Kier molecular flexibility index (Phi) is 4.45. The van der Waals surface area contributed by atoms with E-state index in [1.54, 1.807) is 13.0 Å². The molecule has 0 unspecified atom stereocenters. The van der Waals surface area contributed by atoms with Crippen LogP contribution >= 0.6 is 23.2 Å². The number of ketones is 2. The van der Waals surface area contributed by atoms with Crippen LogP contribution < -0.4 is 4.90 Å². The summed E-state index contributed by atoms with van der Waals surface area (Å²) in [5, 5.41) is 0.528. The molecule has 0 aromatic heterocycles. The molecule has 0 spiro atoms. The molecule has 1 aromatic carbocycles. The number of Topliss-reactive ketones (excluding diaryl/α,β-unsaturated/α-hetero) is 2. The number of rotatable bonds is 5. The molecule has 0 saturated carbocycles. The van der Waals surface area contributed by atoms with Crippen molar-refractivity contribution in [3.05, 3.63) is 27.7 Å². The maximum absolute atomic E-state index is 12.0. The number of amides is 1. The number of carbonyl (C=O) groups is 3. The minimum Gasteiger partial charge on any atom is -0.303 e. The molecular formula is C14H13Cl2NO3. The van der Waals surface area contributed by atoms with Crippen LogP contribution in [0.5, 0.6) is 0 Å². The SMILES string of the molecule is CCC(=O)CCCN1C(=O)C(=O)c2c(Cl)ccc(Cl)c21. The van der Waals surface area contributed by atoms with Gasteiger partial charge < -0.3 is 4.90 Å². The van der Waals surface area contributed by atoms with E-state index in [4.69, 9.17) is 23.2 Å². The second-order valence-electron chi connectivity index (χ2n) is 4.53. The number of carbonyl (C=O) groups excluding carboxylic acids is 3. The predicted octanol–water partition coefficient (Wildman–Crippen LogP) is 3.28. The maximum atomic E-state index is 12.0. The Balaban J connectivity index is 2.25. The normalized spacial score (nSPS) is 13.8. The topological polar surface area (TPSA) is 54.5 Å². The Hall–Kier alpha value is -1.39. The fourth-order valence-corrected chi connectivity index (χ4v) is 2.67. The van der Waals surface area contributed by atoms with Crippen molar-refractivity contribution in [1.29, 1.82) is 0 Å². The fourth-order valence-electron chi connectivity index (χ4n) is 2.18. The summed E-state index contributed by atoms with van der Waals surface area (Å²) < 4.78 is 0. The molecular weight excluding hydrogens is 301 g/mol. The number of hydrogen-bond donors (Lipinski definition) is 0. The van der Waals surface area contributed by atoms with Crippen molar-refractivity contribution in [2.24, 2.45) is 0 Å². The first kappa shape index (κ1) is 15.0. The number of nitrogens with zero attached hydrogens (tertiary/aromatic N) is 1. The third-order valence-electron chi connectivity index (χ3n) is 3.25. The van der Waals surface area contributed by atoms with Gasteiger partial charge in [-0.05, 0) is 18.6 Å². The minimum atomic E-state index is -0.644. The first-order chi connectivity index (χ1) is 9.47. The minimum absolute atomic E-state index is 0.125. The molecule has 1 aromatic rings. The van der Waals surface area contributed by atoms with Gasteiger partial charge in [0.05, 0.1) is 21.3 Å². The molecule has 0 atom stereocenters. The zero-order chi connectivity index (χ0) is 14.9. The zero-order valence-corrected chi connectivity index (χ0v) is 12.4. The molecule has 1 heterocycles. The van der Waals surface area contributed by atoms with Gasteiger partial charge in [-0.2, -0.15) is 0 Å². The number of halogens is 2. The molecule has 6 heteroatoms. The molecule has 2 rings (SSSR count). The average Bonchev–Trinajstić information content (AvgIpc) is 2.68. The van der Waals surface area contributed by atoms with Crippen LogP contribution in [0.15, 0.2) is 12.1 Å². The molecule has 20 heavy (non-hydrogen) atoms. The second kappa shape index (κ2) is 5.94. The summed E-state index contributed by atoms with van der Waals surface area (Å²) in [7, 11) is 0. The van der Waals surface area contributed by atoms with Crippen molar-refractivity contribution in [1.82, 2.24) is 0 Å². The van der Waals surface area contributed by atoms with Crippen LogP contribution in [0.25, 0.3) is 0 Å². The van der Waals surface area contributed by atoms with E-state index in [1.807, 2.05) is 0 Å². The quantitative estimate of drug-likeness (QED) is 0.784. The standard InChI is InChI=1S/C14H13Cl2NO3/c1-2-8(18)4-3-7-17-12-10(16)6-5-9(15)11(12)13(19)14(17)20/h5-6H,2-4,7H2,1H3. The van der Waals surface area contributed by atoms with Crippen LogP contribution in [-0.4, -0.2) is 24.0 Å². The second-order valence-corrected chi connectivity index (χ2v) is 5.35. The Morgan fingerprint density at radius 3 is 2.50 bits per heavy atom. The maximum Gasteiger partial charge on any atom is 0.299 e. The van der Waals surface area contributed by atoms with Crippen LogP contribution in [0.3, 0.4) is 0 Å². The number of fused-ring (bicyclic) bond motifs is 1. The van der Waals surface area contributed by atoms with Crippen molar-refractivity contribution in [2.75, 3.05) is 11.4 Å². The van der Waals surface area contributed by atoms with Gasteiger partial charge in [0.25, 0.3) is 11.7 Å². The molecule has 0 radical (unpaired) electrons.